The first kappa shape index (κ1) is 19.7. The number of aliphatic hydroxyl groups excluding tert-OH is 2. The molecule has 0 fully saturated rings. The number of carbonyl (C=O) groups excluding carboxylic acids is 2. The van der Waals surface area contributed by atoms with E-state index in [1.165, 1.54) is 13.8 Å². The van der Waals surface area contributed by atoms with Crippen LogP contribution in [0.3, 0.4) is 0 Å². The van der Waals surface area contributed by atoms with Gasteiger partial charge in [-0.15, -0.1) is 0 Å². The van der Waals surface area contributed by atoms with Gasteiger partial charge >= 0.3 is 5.97 Å². The van der Waals surface area contributed by atoms with Crippen LogP contribution in [0.4, 0.5) is 0 Å². The van der Waals surface area contributed by atoms with Gasteiger partial charge in [-0.05, 0) is 0 Å². The molecule has 5 N–H and O–H groups in total. The molecule has 1 unspecified atom stereocenters. The van der Waals surface area contributed by atoms with E-state index in [1.807, 2.05) is 0 Å². The third-order valence-corrected chi connectivity index (χ3v) is 3.23. The number of carbonyl (C=O) groups is 3. The number of rotatable bonds is 9. The molecule has 0 saturated carbocycles. The second-order valence-electron chi connectivity index (χ2n) is 5.23. The normalized spacial score (nSPS) is 14.1. The molecule has 0 aromatic rings. The zero-order valence-corrected chi connectivity index (χ0v) is 12.9. The number of hydrogen-bond donors (Lipinski definition) is 6. The van der Waals surface area contributed by atoms with Crippen LogP contribution >= 0.6 is 12.6 Å². The third-order valence-electron chi connectivity index (χ3n) is 2.86. The maximum absolute atomic E-state index is 11.6. The Morgan fingerprint density at radius 1 is 1.29 bits per heavy atom. The van der Waals surface area contributed by atoms with Crippen LogP contribution in [0, 0.1) is 5.41 Å². The number of hydrogen-bond acceptors (Lipinski definition) is 6. The lowest BCUT2D eigenvalue weighted by Gasteiger charge is -2.27. The molecule has 0 spiro atoms. The van der Waals surface area contributed by atoms with Crippen molar-refractivity contribution >= 4 is 30.4 Å². The summed E-state index contributed by atoms with van der Waals surface area (Å²) in [6.07, 6.45) is -1.54. The Bertz CT molecular complexity index is 388. The molecule has 9 heteroatoms. The Kier molecular flexibility index (Phi) is 8.30. The zero-order chi connectivity index (χ0) is 16.6. The molecule has 2 amide bonds. The highest BCUT2D eigenvalue weighted by molar-refractivity contribution is 7.80. The number of carboxylic acid groups (broad SMARTS) is 1. The van der Waals surface area contributed by atoms with Crippen molar-refractivity contribution in [1.29, 1.82) is 0 Å². The Morgan fingerprint density at radius 3 is 2.29 bits per heavy atom. The Hall–Kier alpha value is -1.32. The first-order chi connectivity index (χ1) is 9.65. The maximum atomic E-state index is 11.6. The first-order valence-electron chi connectivity index (χ1n) is 6.35. The highest BCUT2D eigenvalue weighted by Gasteiger charge is 2.32. The van der Waals surface area contributed by atoms with Gasteiger partial charge in [-0.3, -0.25) is 9.59 Å². The predicted molar refractivity (Wildman–Crippen MR) is 77.9 cm³/mol. The van der Waals surface area contributed by atoms with Gasteiger partial charge in [0.2, 0.25) is 11.8 Å². The topological polar surface area (TPSA) is 136 Å². The highest BCUT2D eigenvalue weighted by atomic mass is 32.1. The number of nitrogens with one attached hydrogen (secondary N) is 2. The maximum Gasteiger partial charge on any atom is 0.327 e. The zero-order valence-electron chi connectivity index (χ0n) is 12.0. The van der Waals surface area contributed by atoms with Gasteiger partial charge in [0.1, 0.15) is 12.1 Å². The standard InChI is InChI=1S/C12H22N2O6S/c1-12(2,6-15)9(17)10(18)13-4-3-8(16)14-7(5-21)11(19)20/h7,9,15,17,21H,3-6H2,1-2H3,(H,13,18)(H,14,16)(H,19,20)/t7-,9?/m0/s1. The molecule has 0 aliphatic carbocycles. The Morgan fingerprint density at radius 2 is 1.86 bits per heavy atom. The lowest BCUT2D eigenvalue weighted by atomic mass is 9.87. The lowest BCUT2D eigenvalue weighted by Crippen LogP contribution is -2.47. The average molecular weight is 322 g/mol. The van der Waals surface area contributed by atoms with Gasteiger partial charge in [-0.2, -0.15) is 12.6 Å². The van der Waals surface area contributed by atoms with Crippen molar-refractivity contribution in [3.05, 3.63) is 0 Å². The van der Waals surface area contributed by atoms with Crippen molar-refractivity contribution in [1.82, 2.24) is 10.6 Å². The lowest BCUT2D eigenvalue weighted by molar-refractivity contribution is -0.141. The van der Waals surface area contributed by atoms with Crippen LogP contribution in [0.1, 0.15) is 20.3 Å². The van der Waals surface area contributed by atoms with Gasteiger partial charge in [-0.1, -0.05) is 13.8 Å². The highest BCUT2D eigenvalue weighted by Crippen LogP contribution is 2.19. The molecule has 0 bridgehead atoms. The van der Waals surface area contributed by atoms with E-state index in [2.05, 4.69) is 23.3 Å². The summed E-state index contributed by atoms with van der Waals surface area (Å²) >= 11 is 3.80. The molecule has 0 rings (SSSR count). The minimum atomic E-state index is -1.41. The van der Waals surface area contributed by atoms with Crippen LogP contribution in [0.25, 0.3) is 0 Å². The number of thiol groups is 1. The predicted octanol–water partition coefficient (Wildman–Crippen LogP) is -1.63. The van der Waals surface area contributed by atoms with E-state index < -0.39 is 35.3 Å². The van der Waals surface area contributed by atoms with Crippen LogP contribution in [0.5, 0.6) is 0 Å². The second-order valence-corrected chi connectivity index (χ2v) is 5.60. The fourth-order valence-corrected chi connectivity index (χ4v) is 1.54. The summed E-state index contributed by atoms with van der Waals surface area (Å²) < 4.78 is 0. The first-order valence-corrected chi connectivity index (χ1v) is 6.98. The van der Waals surface area contributed by atoms with E-state index in [9.17, 15) is 19.5 Å². The largest absolute Gasteiger partial charge is 0.480 e. The fraction of sp³-hybridized carbons (Fsp3) is 0.750. The summed E-state index contributed by atoms with van der Waals surface area (Å²) in [4.78, 5) is 33.8. The van der Waals surface area contributed by atoms with Crippen LogP contribution in [-0.4, -0.2) is 64.2 Å². The van der Waals surface area contributed by atoms with Crippen LogP contribution in [-0.2, 0) is 14.4 Å². The average Bonchev–Trinajstić information content (AvgIpc) is 2.43. The summed E-state index contributed by atoms with van der Waals surface area (Å²) in [5, 5.41) is 32.1. The smallest absolute Gasteiger partial charge is 0.327 e. The summed E-state index contributed by atoms with van der Waals surface area (Å²) in [5.74, 6) is -2.49. The van der Waals surface area contributed by atoms with Crippen molar-refractivity contribution in [2.75, 3.05) is 18.9 Å². The molecule has 0 aliphatic heterocycles. The van der Waals surface area contributed by atoms with Gasteiger partial charge in [0.15, 0.2) is 0 Å². The molecular weight excluding hydrogens is 300 g/mol. The third kappa shape index (κ3) is 6.78. The van der Waals surface area contributed by atoms with Gasteiger partial charge in [-0.25, -0.2) is 4.79 Å². The summed E-state index contributed by atoms with van der Waals surface area (Å²) in [6, 6.07) is -1.09. The molecule has 0 heterocycles. The van der Waals surface area contributed by atoms with E-state index in [0.717, 1.165) is 0 Å². The fourth-order valence-electron chi connectivity index (χ4n) is 1.29. The minimum Gasteiger partial charge on any atom is -0.480 e. The van der Waals surface area contributed by atoms with Crippen molar-refractivity contribution in [3.8, 4) is 0 Å². The van der Waals surface area contributed by atoms with Crippen LogP contribution in [0.2, 0.25) is 0 Å². The van der Waals surface area contributed by atoms with E-state index in [0.29, 0.717) is 0 Å². The number of aliphatic hydroxyl groups is 2. The molecule has 2 atom stereocenters. The van der Waals surface area contributed by atoms with Crippen molar-refractivity contribution in [2.45, 2.75) is 32.4 Å². The molecule has 122 valence electrons. The summed E-state index contributed by atoms with van der Waals surface area (Å²) in [7, 11) is 0. The van der Waals surface area contributed by atoms with Gasteiger partial charge in [0.05, 0.1) is 6.61 Å². The molecule has 0 aromatic carbocycles. The number of amides is 2. The van der Waals surface area contributed by atoms with Crippen LogP contribution < -0.4 is 10.6 Å². The molecule has 0 aliphatic rings. The van der Waals surface area contributed by atoms with Crippen molar-refractivity contribution in [3.63, 3.8) is 0 Å². The number of aliphatic carboxylic acids is 1. The van der Waals surface area contributed by atoms with Gasteiger partial charge < -0.3 is 26.0 Å². The summed E-state index contributed by atoms with van der Waals surface area (Å²) in [5.41, 5.74) is -0.993. The van der Waals surface area contributed by atoms with Gasteiger partial charge in [0, 0.05) is 24.1 Å². The Labute approximate surface area is 128 Å². The quantitative estimate of drug-likeness (QED) is 0.282. The van der Waals surface area contributed by atoms with E-state index in [4.69, 9.17) is 10.2 Å². The van der Waals surface area contributed by atoms with E-state index in [-0.39, 0.29) is 25.3 Å². The molecule has 0 aromatic heterocycles. The van der Waals surface area contributed by atoms with E-state index >= 15 is 0 Å². The minimum absolute atomic E-state index is 0.0448. The molecule has 0 saturated heterocycles. The number of carboxylic acids is 1. The summed E-state index contributed by atoms with van der Waals surface area (Å²) in [6.45, 7) is 2.62. The molecule has 8 nitrogen and oxygen atoms in total. The van der Waals surface area contributed by atoms with Crippen molar-refractivity contribution in [2.24, 2.45) is 5.41 Å². The molecule has 0 radical (unpaired) electrons. The van der Waals surface area contributed by atoms with E-state index in [1.54, 1.807) is 0 Å². The van der Waals surface area contributed by atoms with Crippen LogP contribution in [0.15, 0.2) is 0 Å². The molecule has 21 heavy (non-hydrogen) atoms. The Balaban J connectivity index is 4.17. The SMILES string of the molecule is CC(C)(CO)C(O)C(=O)NCCC(=O)N[C@@H](CS)C(=O)O. The van der Waals surface area contributed by atoms with Gasteiger partial charge in [0.25, 0.3) is 0 Å². The monoisotopic (exact) mass is 322 g/mol. The second kappa shape index (κ2) is 8.85. The molecular formula is C12H22N2O6S. The van der Waals surface area contributed by atoms with Crippen molar-refractivity contribution < 1.29 is 29.7 Å².